The molecule has 2 aliphatic heterocycles. The number of nitrogens with one attached hydrogen (secondary N) is 1. The van der Waals surface area contributed by atoms with E-state index in [4.69, 9.17) is 4.74 Å². The van der Waals surface area contributed by atoms with E-state index >= 15 is 0 Å². The number of nitrogens with zero attached hydrogens (tertiary/aromatic N) is 2. The van der Waals surface area contributed by atoms with Crippen molar-refractivity contribution in [2.45, 2.75) is 32.2 Å². The quantitative estimate of drug-likeness (QED) is 0.836. The number of amides is 1. The van der Waals surface area contributed by atoms with Crippen molar-refractivity contribution < 1.29 is 9.53 Å². The Morgan fingerprint density at radius 2 is 1.93 bits per heavy atom. The van der Waals surface area contributed by atoms with E-state index in [2.05, 4.69) is 41.4 Å². The van der Waals surface area contributed by atoms with Gasteiger partial charge in [0.1, 0.15) is 5.75 Å². The highest BCUT2D eigenvalue weighted by atomic mass is 16.5. The maximum atomic E-state index is 11.8. The van der Waals surface area contributed by atoms with Crippen LogP contribution >= 0.6 is 0 Å². The SMILES string of the molecule is Cc1ccccc1N1CCNC(CCOc2ccc(N3CCCC3=O)cc2)C1. The number of carbonyl (C=O) groups excluding carboxylic acids is 1. The van der Waals surface area contributed by atoms with Gasteiger partial charge in [0.15, 0.2) is 0 Å². The molecule has 1 amide bonds. The van der Waals surface area contributed by atoms with E-state index in [0.29, 0.717) is 19.1 Å². The third-order valence-electron chi connectivity index (χ3n) is 5.67. The molecule has 4 rings (SSSR count). The predicted molar refractivity (Wildman–Crippen MR) is 113 cm³/mol. The second-order valence-electron chi connectivity index (χ2n) is 7.66. The Balaban J connectivity index is 1.27. The van der Waals surface area contributed by atoms with Crippen LogP contribution in [0.3, 0.4) is 0 Å². The fourth-order valence-corrected chi connectivity index (χ4v) is 4.12. The topological polar surface area (TPSA) is 44.8 Å². The van der Waals surface area contributed by atoms with E-state index in [0.717, 1.165) is 50.5 Å². The zero-order chi connectivity index (χ0) is 19.3. The molecule has 28 heavy (non-hydrogen) atoms. The minimum atomic E-state index is 0.218. The van der Waals surface area contributed by atoms with Gasteiger partial charge >= 0.3 is 0 Å². The molecule has 0 radical (unpaired) electrons. The maximum Gasteiger partial charge on any atom is 0.227 e. The number of ether oxygens (including phenoxy) is 1. The standard InChI is InChI=1S/C23H29N3O2/c1-18-5-2-3-6-22(18)25-15-13-24-19(17-25)12-16-28-21-10-8-20(9-11-21)26-14-4-7-23(26)27/h2-3,5-6,8-11,19,24H,4,7,12-17H2,1H3. The van der Waals surface area contributed by atoms with Crippen LogP contribution in [0.25, 0.3) is 0 Å². The van der Waals surface area contributed by atoms with Gasteiger partial charge in [-0.2, -0.15) is 0 Å². The van der Waals surface area contributed by atoms with E-state index in [9.17, 15) is 4.79 Å². The zero-order valence-electron chi connectivity index (χ0n) is 16.6. The highest BCUT2D eigenvalue weighted by Gasteiger charge is 2.22. The van der Waals surface area contributed by atoms with Gasteiger partial charge in [0.05, 0.1) is 6.61 Å². The molecular formula is C23H29N3O2. The maximum absolute atomic E-state index is 11.8. The third-order valence-corrected chi connectivity index (χ3v) is 5.67. The first-order chi connectivity index (χ1) is 13.7. The van der Waals surface area contributed by atoms with Crippen molar-refractivity contribution in [1.82, 2.24) is 5.32 Å². The normalized spacial score (nSPS) is 19.9. The van der Waals surface area contributed by atoms with Gasteiger partial charge in [-0.05, 0) is 55.7 Å². The molecule has 2 fully saturated rings. The molecule has 0 aromatic heterocycles. The summed E-state index contributed by atoms with van der Waals surface area (Å²) in [7, 11) is 0. The Kier molecular flexibility index (Phi) is 5.81. The number of benzene rings is 2. The first-order valence-electron chi connectivity index (χ1n) is 10.3. The summed E-state index contributed by atoms with van der Waals surface area (Å²) in [6.45, 7) is 6.72. The van der Waals surface area contributed by atoms with Crippen molar-refractivity contribution >= 4 is 17.3 Å². The molecule has 0 aliphatic carbocycles. The monoisotopic (exact) mass is 379 g/mol. The van der Waals surface area contributed by atoms with Crippen molar-refractivity contribution in [1.29, 1.82) is 0 Å². The summed E-state index contributed by atoms with van der Waals surface area (Å²) in [5, 5.41) is 3.61. The summed E-state index contributed by atoms with van der Waals surface area (Å²) in [5.41, 5.74) is 3.63. The lowest BCUT2D eigenvalue weighted by molar-refractivity contribution is -0.117. The Morgan fingerprint density at radius 1 is 1.11 bits per heavy atom. The minimum Gasteiger partial charge on any atom is -0.494 e. The van der Waals surface area contributed by atoms with Crippen molar-refractivity contribution in [2.75, 3.05) is 42.6 Å². The van der Waals surface area contributed by atoms with Gasteiger partial charge in [-0.3, -0.25) is 4.79 Å². The minimum absolute atomic E-state index is 0.218. The molecule has 5 nitrogen and oxygen atoms in total. The molecule has 2 aliphatic rings. The van der Waals surface area contributed by atoms with Crippen LogP contribution in [0.1, 0.15) is 24.8 Å². The summed E-state index contributed by atoms with van der Waals surface area (Å²) in [6, 6.07) is 16.9. The van der Waals surface area contributed by atoms with Crippen molar-refractivity contribution in [3.63, 3.8) is 0 Å². The number of para-hydroxylation sites is 1. The largest absolute Gasteiger partial charge is 0.494 e. The van der Waals surface area contributed by atoms with E-state index in [1.165, 1.54) is 11.3 Å². The average Bonchev–Trinajstić information content (AvgIpc) is 3.15. The number of carbonyl (C=O) groups is 1. The Hall–Kier alpha value is -2.53. The first kappa shape index (κ1) is 18.8. The lowest BCUT2D eigenvalue weighted by Crippen LogP contribution is -2.51. The summed E-state index contributed by atoms with van der Waals surface area (Å²) in [4.78, 5) is 16.2. The number of hydrogen-bond acceptors (Lipinski definition) is 4. The predicted octanol–water partition coefficient (Wildman–Crippen LogP) is 3.37. The highest BCUT2D eigenvalue weighted by Crippen LogP contribution is 2.24. The van der Waals surface area contributed by atoms with Crippen LogP contribution in [0, 0.1) is 6.92 Å². The summed E-state index contributed by atoms with van der Waals surface area (Å²) < 4.78 is 5.96. The molecule has 1 unspecified atom stereocenters. The summed E-state index contributed by atoms with van der Waals surface area (Å²) >= 11 is 0. The molecule has 1 atom stereocenters. The van der Waals surface area contributed by atoms with Gasteiger partial charge in [-0.15, -0.1) is 0 Å². The molecule has 0 bridgehead atoms. The molecule has 0 spiro atoms. The van der Waals surface area contributed by atoms with E-state index in [1.807, 2.05) is 29.2 Å². The van der Waals surface area contributed by atoms with Crippen LogP contribution in [0.2, 0.25) is 0 Å². The molecule has 0 saturated carbocycles. The van der Waals surface area contributed by atoms with Gasteiger partial charge in [0, 0.05) is 50.0 Å². The molecular weight excluding hydrogens is 350 g/mol. The van der Waals surface area contributed by atoms with Gasteiger partial charge < -0.3 is 19.9 Å². The van der Waals surface area contributed by atoms with Gasteiger partial charge in [0.25, 0.3) is 0 Å². The second-order valence-corrected chi connectivity index (χ2v) is 7.66. The Labute approximate surface area is 167 Å². The van der Waals surface area contributed by atoms with Crippen LogP contribution in [0.5, 0.6) is 5.75 Å². The average molecular weight is 380 g/mol. The van der Waals surface area contributed by atoms with Crippen LogP contribution in [0.15, 0.2) is 48.5 Å². The third kappa shape index (κ3) is 4.30. The zero-order valence-corrected chi connectivity index (χ0v) is 16.6. The summed E-state index contributed by atoms with van der Waals surface area (Å²) in [5.74, 6) is 1.08. The van der Waals surface area contributed by atoms with E-state index in [-0.39, 0.29) is 5.91 Å². The number of aryl methyl sites for hydroxylation is 1. The lowest BCUT2D eigenvalue weighted by atomic mass is 10.1. The lowest BCUT2D eigenvalue weighted by Gasteiger charge is -2.36. The molecule has 148 valence electrons. The van der Waals surface area contributed by atoms with Crippen LogP contribution in [0.4, 0.5) is 11.4 Å². The van der Waals surface area contributed by atoms with Gasteiger partial charge in [0.2, 0.25) is 5.91 Å². The smallest absolute Gasteiger partial charge is 0.227 e. The number of hydrogen-bond donors (Lipinski definition) is 1. The number of piperazine rings is 1. The molecule has 2 aromatic rings. The molecule has 1 N–H and O–H groups in total. The number of rotatable bonds is 6. The van der Waals surface area contributed by atoms with Crippen LogP contribution in [-0.2, 0) is 4.79 Å². The van der Waals surface area contributed by atoms with Crippen molar-refractivity contribution in [2.24, 2.45) is 0 Å². The van der Waals surface area contributed by atoms with Gasteiger partial charge in [-0.25, -0.2) is 0 Å². The van der Waals surface area contributed by atoms with E-state index < -0.39 is 0 Å². The first-order valence-corrected chi connectivity index (χ1v) is 10.3. The van der Waals surface area contributed by atoms with Crippen LogP contribution in [-0.4, -0.2) is 44.7 Å². The fraction of sp³-hybridized carbons (Fsp3) is 0.435. The highest BCUT2D eigenvalue weighted by molar-refractivity contribution is 5.95. The second kappa shape index (κ2) is 8.65. The van der Waals surface area contributed by atoms with Crippen molar-refractivity contribution in [3.8, 4) is 5.75 Å². The van der Waals surface area contributed by atoms with Gasteiger partial charge in [-0.1, -0.05) is 18.2 Å². The Morgan fingerprint density at radius 3 is 2.68 bits per heavy atom. The fourth-order valence-electron chi connectivity index (χ4n) is 4.12. The summed E-state index contributed by atoms with van der Waals surface area (Å²) in [6.07, 6.45) is 2.58. The molecule has 5 heteroatoms. The van der Waals surface area contributed by atoms with E-state index in [1.54, 1.807) is 0 Å². The number of anilines is 2. The molecule has 2 saturated heterocycles. The van der Waals surface area contributed by atoms with Crippen molar-refractivity contribution in [3.05, 3.63) is 54.1 Å². The van der Waals surface area contributed by atoms with Crippen LogP contribution < -0.4 is 19.9 Å². The Bertz CT molecular complexity index is 806. The molecule has 2 aromatic carbocycles. The molecule has 2 heterocycles.